The SMILES string of the molecule is CC1=C([N+](=O)[O-])C=CN([O-])C1=C1C(C)=C([N+](=O)[O-])C=C[N+]1=O. The van der Waals surface area contributed by atoms with E-state index in [2.05, 4.69) is 0 Å². The molecule has 0 N–H and O–H groups in total. The minimum Gasteiger partial charge on any atom is -0.754 e. The molecule has 10 nitrogen and oxygen atoms in total. The lowest BCUT2D eigenvalue weighted by molar-refractivity contribution is -0.445. The number of hydroxylamine groups is 2. The summed E-state index contributed by atoms with van der Waals surface area (Å²) in [6.07, 6.45) is 3.79. The Morgan fingerprint density at radius 3 is 2.14 bits per heavy atom. The quantitative estimate of drug-likeness (QED) is 0.432. The Labute approximate surface area is 123 Å². The van der Waals surface area contributed by atoms with E-state index < -0.39 is 9.85 Å². The van der Waals surface area contributed by atoms with E-state index in [4.69, 9.17) is 0 Å². The third kappa shape index (κ3) is 2.31. The fraction of sp³-hybridized carbons (Fsp3) is 0.167. The van der Waals surface area contributed by atoms with Gasteiger partial charge in [0, 0.05) is 11.0 Å². The summed E-state index contributed by atoms with van der Waals surface area (Å²) in [6.45, 7) is 2.61. The second-order valence-electron chi connectivity index (χ2n) is 4.51. The van der Waals surface area contributed by atoms with Crippen LogP contribution >= 0.6 is 0 Å². The largest absolute Gasteiger partial charge is 0.754 e. The monoisotopic (exact) mass is 306 g/mol. The lowest BCUT2D eigenvalue weighted by atomic mass is 10.0. The minimum absolute atomic E-state index is 0.0457. The van der Waals surface area contributed by atoms with E-state index in [0.717, 1.165) is 24.6 Å². The first kappa shape index (κ1) is 15.3. The third-order valence-corrected chi connectivity index (χ3v) is 3.27. The molecule has 2 heterocycles. The van der Waals surface area contributed by atoms with Crippen LogP contribution in [0.5, 0.6) is 0 Å². The van der Waals surface area contributed by atoms with Crippen molar-refractivity contribution < 1.29 is 14.6 Å². The maximum atomic E-state index is 12.0. The van der Waals surface area contributed by atoms with Gasteiger partial charge in [-0.2, -0.15) is 0 Å². The van der Waals surface area contributed by atoms with Crippen molar-refractivity contribution in [1.29, 1.82) is 0 Å². The third-order valence-electron chi connectivity index (χ3n) is 3.27. The molecule has 0 aromatic carbocycles. The number of nitroso groups, excluding NO2 is 1. The minimum atomic E-state index is -0.694. The molecule has 0 fully saturated rings. The van der Waals surface area contributed by atoms with E-state index in [1.807, 2.05) is 0 Å². The Hall–Kier alpha value is -3.14. The Kier molecular flexibility index (Phi) is 3.70. The molecule has 0 aromatic rings. The smallest absolute Gasteiger partial charge is 0.295 e. The number of nitrogens with zero attached hydrogens (tertiary/aromatic N) is 4. The Bertz CT molecular complexity index is 756. The van der Waals surface area contributed by atoms with E-state index in [-0.39, 0.29) is 43.8 Å². The van der Waals surface area contributed by atoms with Crippen LogP contribution in [0.2, 0.25) is 0 Å². The zero-order valence-electron chi connectivity index (χ0n) is 11.5. The first-order valence-corrected chi connectivity index (χ1v) is 6.00. The second kappa shape index (κ2) is 5.33. The van der Waals surface area contributed by atoms with Gasteiger partial charge >= 0.3 is 0 Å². The fourth-order valence-electron chi connectivity index (χ4n) is 2.21. The van der Waals surface area contributed by atoms with Crippen molar-refractivity contribution in [3.63, 3.8) is 0 Å². The lowest BCUT2D eigenvalue weighted by Crippen LogP contribution is -2.24. The molecule has 0 spiro atoms. The highest BCUT2D eigenvalue weighted by Crippen LogP contribution is 2.33. The van der Waals surface area contributed by atoms with Crippen LogP contribution in [0, 0.1) is 30.3 Å². The number of hydrogen-bond donors (Lipinski definition) is 0. The maximum Gasteiger partial charge on any atom is 0.295 e. The van der Waals surface area contributed by atoms with Crippen molar-refractivity contribution in [3.8, 4) is 0 Å². The van der Waals surface area contributed by atoms with Gasteiger partial charge < -0.3 is 10.3 Å². The summed E-state index contributed by atoms with van der Waals surface area (Å²) < 4.78 is 0.281. The van der Waals surface area contributed by atoms with Gasteiger partial charge in [-0.15, -0.1) is 0 Å². The van der Waals surface area contributed by atoms with Gasteiger partial charge in [0.15, 0.2) is 0 Å². The number of allylic oxidation sites excluding steroid dienone is 4. The predicted octanol–water partition coefficient (Wildman–Crippen LogP) is 1.93. The Morgan fingerprint density at radius 1 is 1.05 bits per heavy atom. The van der Waals surface area contributed by atoms with Crippen LogP contribution in [0.3, 0.4) is 0 Å². The molecule has 0 radical (unpaired) electrons. The summed E-state index contributed by atoms with van der Waals surface area (Å²) >= 11 is 0. The van der Waals surface area contributed by atoms with E-state index in [9.17, 15) is 30.3 Å². The summed E-state index contributed by atoms with van der Waals surface area (Å²) in [7, 11) is 0. The molecule has 2 aliphatic heterocycles. The summed E-state index contributed by atoms with van der Waals surface area (Å²) in [5, 5.41) is 34.2. The van der Waals surface area contributed by atoms with Gasteiger partial charge in [-0.05, 0) is 20.0 Å². The summed E-state index contributed by atoms with van der Waals surface area (Å²) in [5.41, 5.74) is -1.37. The lowest BCUT2D eigenvalue weighted by Gasteiger charge is -2.31. The zero-order chi connectivity index (χ0) is 16.6. The molecule has 0 saturated carbocycles. The van der Waals surface area contributed by atoms with Crippen LogP contribution in [-0.2, 0) is 0 Å². The zero-order valence-corrected chi connectivity index (χ0v) is 11.5. The molecular formula is C12H10N4O6. The first-order valence-electron chi connectivity index (χ1n) is 6.00. The van der Waals surface area contributed by atoms with Gasteiger partial charge in [-0.25, -0.2) is 0 Å². The average Bonchev–Trinajstić information content (AvgIpc) is 2.41. The van der Waals surface area contributed by atoms with Crippen molar-refractivity contribution in [2.24, 2.45) is 0 Å². The van der Waals surface area contributed by atoms with Crippen molar-refractivity contribution >= 4 is 0 Å². The molecule has 0 aliphatic carbocycles. The van der Waals surface area contributed by atoms with Crippen LogP contribution in [0.1, 0.15) is 13.8 Å². The second-order valence-corrected chi connectivity index (χ2v) is 4.51. The molecule has 0 aromatic heterocycles. The molecule has 0 atom stereocenters. The van der Waals surface area contributed by atoms with E-state index in [0.29, 0.717) is 0 Å². The van der Waals surface area contributed by atoms with Crippen LogP contribution in [-0.4, -0.2) is 19.7 Å². The van der Waals surface area contributed by atoms with Crippen molar-refractivity contribution in [2.45, 2.75) is 13.8 Å². The molecule has 0 amide bonds. The molecule has 22 heavy (non-hydrogen) atoms. The van der Waals surface area contributed by atoms with E-state index >= 15 is 0 Å². The predicted molar refractivity (Wildman–Crippen MR) is 73.5 cm³/mol. The summed E-state index contributed by atoms with van der Waals surface area (Å²) in [6, 6.07) is 0. The van der Waals surface area contributed by atoms with Crippen LogP contribution in [0.4, 0.5) is 0 Å². The van der Waals surface area contributed by atoms with Crippen LogP contribution in [0.25, 0.3) is 0 Å². The van der Waals surface area contributed by atoms with Crippen LogP contribution < -0.4 is 0 Å². The molecule has 0 unspecified atom stereocenters. The molecular weight excluding hydrogens is 296 g/mol. The fourth-order valence-corrected chi connectivity index (χ4v) is 2.21. The highest BCUT2D eigenvalue weighted by atomic mass is 16.6. The molecule has 0 bridgehead atoms. The topological polar surface area (TPSA) is 133 Å². The maximum absolute atomic E-state index is 12.0. The number of nitro groups is 2. The van der Waals surface area contributed by atoms with Gasteiger partial charge in [0.05, 0.1) is 26.3 Å². The normalized spacial score (nSPS) is 21.8. The number of rotatable bonds is 2. The molecule has 10 heteroatoms. The van der Waals surface area contributed by atoms with Crippen LogP contribution in [0.15, 0.2) is 58.5 Å². The number of hydrogen-bond acceptors (Lipinski definition) is 7. The Balaban J connectivity index is 2.78. The standard InChI is InChI=1S/C12H10N4O6/c1-7-9(15(19)20)3-5-13(17)11(7)12-8(2)10(16(21)22)4-6-14(12)18/h3-6H,1-2H3. The van der Waals surface area contributed by atoms with Gasteiger partial charge in [0.25, 0.3) is 17.1 Å². The summed E-state index contributed by atoms with van der Waals surface area (Å²) in [4.78, 5) is 32.5. The first-order chi connectivity index (χ1) is 10.3. The highest BCUT2D eigenvalue weighted by Gasteiger charge is 2.37. The van der Waals surface area contributed by atoms with Gasteiger partial charge in [-0.1, -0.05) is 0 Å². The van der Waals surface area contributed by atoms with Gasteiger partial charge in [-0.3, -0.25) is 20.2 Å². The molecule has 0 saturated heterocycles. The van der Waals surface area contributed by atoms with Crippen molar-refractivity contribution in [3.05, 3.63) is 88.8 Å². The van der Waals surface area contributed by atoms with Crippen molar-refractivity contribution in [2.75, 3.05) is 0 Å². The average molecular weight is 306 g/mol. The van der Waals surface area contributed by atoms with Gasteiger partial charge in [0.2, 0.25) is 6.20 Å². The van der Waals surface area contributed by atoms with Gasteiger partial charge in [0.1, 0.15) is 11.3 Å². The van der Waals surface area contributed by atoms with E-state index in [1.54, 1.807) is 0 Å². The summed E-state index contributed by atoms with van der Waals surface area (Å²) in [5.74, 6) is 0. The Morgan fingerprint density at radius 2 is 1.59 bits per heavy atom. The van der Waals surface area contributed by atoms with E-state index in [1.165, 1.54) is 13.8 Å². The molecule has 2 rings (SSSR count). The molecule has 2 aliphatic rings. The van der Waals surface area contributed by atoms with Crippen molar-refractivity contribution in [1.82, 2.24) is 5.06 Å². The highest BCUT2D eigenvalue weighted by molar-refractivity contribution is 5.48. The molecule has 114 valence electrons.